The Balaban J connectivity index is 1.46. The van der Waals surface area contributed by atoms with Crippen molar-refractivity contribution in [2.24, 2.45) is 0 Å². The minimum atomic E-state index is -3.69. The Morgan fingerprint density at radius 2 is 1.68 bits per heavy atom. The Morgan fingerprint density at radius 1 is 0.935 bits per heavy atom. The van der Waals surface area contributed by atoms with Crippen LogP contribution in [0.5, 0.6) is 11.5 Å². The fraction of sp³-hybridized carbons (Fsp3) is 0.500. The van der Waals surface area contributed by atoms with Crippen LogP contribution in [0, 0.1) is 0 Å². The first kappa shape index (κ1) is 21.6. The second-order valence-corrected chi connectivity index (χ2v) is 9.19. The van der Waals surface area contributed by atoms with Crippen LogP contribution < -0.4 is 19.3 Å². The van der Waals surface area contributed by atoms with Crippen LogP contribution in [0.3, 0.4) is 0 Å². The maximum absolute atomic E-state index is 13.2. The molecule has 0 atom stereocenters. The van der Waals surface area contributed by atoms with Gasteiger partial charge in [0.1, 0.15) is 16.4 Å². The van der Waals surface area contributed by atoms with E-state index in [4.69, 9.17) is 14.2 Å². The maximum atomic E-state index is 13.2. The number of morpholine rings is 1. The fourth-order valence-corrected chi connectivity index (χ4v) is 5.34. The van der Waals surface area contributed by atoms with Crippen LogP contribution in [0.4, 0.5) is 11.5 Å². The van der Waals surface area contributed by atoms with Crippen molar-refractivity contribution in [3.63, 3.8) is 0 Å². The van der Waals surface area contributed by atoms with Crippen molar-refractivity contribution in [2.75, 3.05) is 76.5 Å². The second-order valence-electron chi connectivity index (χ2n) is 7.28. The molecule has 0 N–H and O–H groups in total. The van der Waals surface area contributed by atoms with Gasteiger partial charge in [0.25, 0.3) is 0 Å². The van der Waals surface area contributed by atoms with E-state index in [-0.39, 0.29) is 10.6 Å². The van der Waals surface area contributed by atoms with E-state index < -0.39 is 10.0 Å². The van der Waals surface area contributed by atoms with Gasteiger partial charge in [-0.25, -0.2) is 8.42 Å². The SMILES string of the molecule is COc1ccc(S(=O)(=O)N2CCN(c3cc(N4CCOCC4)cnn3)CC2)c(OC)c1. The molecule has 1 aromatic heterocycles. The second kappa shape index (κ2) is 9.25. The quantitative estimate of drug-likeness (QED) is 0.635. The summed E-state index contributed by atoms with van der Waals surface area (Å²) in [5.74, 6) is 1.56. The summed E-state index contributed by atoms with van der Waals surface area (Å²) in [6.07, 6.45) is 1.76. The average molecular weight is 450 g/mol. The number of benzene rings is 1. The molecule has 0 saturated carbocycles. The van der Waals surface area contributed by atoms with Crippen molar-refractivity contribution in [1.29, 1.82) is 0 Å². The first-order chi connectivity index (χ1) is 15.0. The first-order valence-corrected chi connectivity index (χ1v) is 11.6. The largest absolute Gasteiger partial charge is 0.497 e. The maximum Gasteiger partial charge on any atom is 0.246 e. The lowest BCUT2D eigenvalue weighted by molar-refractivity contribution is 0.122. The number of nitrogens with zero attached hydrogens (tertiary/aromatic N) is 5. The van der Waals surface area contributed by atoms with E-state index in [9.17, 15) is 8.42 Å². The molecule has 0 spiro atoms. The van der Waals surface area contributed by atoms with E-state index in [1.165, 1.54) is 24.6 Å². The Labute approximate surface area is 182 Å². The lowest BCUT2D eigenvalue weighted by Crippen LogP contribution is -2.49. The van der Waals surface area contributed by atoms with E-state index in [1.54, 1.807) is 18.3 Å². The summed E-state index contributed by atoms with van der Waals surface area (Å²) >= 11 is 0. The van der Waals surface area contributed by atoms with E-state index in [0.29, 0.717) is 45.1 Å². The number of methoxy groups -OCH3 is 2. The highest BCUT2D eigenvalue weighted by Crippen LogP contribution is 2.31. The Kier molecular flexibility index (Phi) is 6.44. The Hall–Kier alpha value is -2.63. The highest BCUT2D eigenvalue weighted by Gasteiger charge is 2.31. The van der Waals surface area contributed by atoms with E-state index in [0.717, 1.165) is 24.6 Å². The molecule has 2 aliphatic rings. The van der Waals surface area contributed by atoms with Gasteiger partial charge in [0, 0.05) is 51.4 Å². The molecule has 168 valence electrons. The summed E-state index contributed by atoms with van der Waals surface area (Å²) < 4.78 is 43.8. The van der Waals surface area contributed by atoms with Crippen LogP contribution in [-0.4, -0.2) is 89.6 Å². The molecule has 31 heavy (non-hydrogen) atoms. The predicted molar refractivity (Wildman–Crippen MR) is 116 cm³/mol. The standard InChI is InChI=1S/C20H27N5O5S/c1-28-17-3-4-19(18(14-17)29-2)31(26,27)25-7-5-24(6-8-25)20-13-16(15-21-22-20)23-9-11-30-12-10-23/h3-4,13-15H,5-12H2,1-2H3. The zero-order valence-electron chi connectivity index (χ0n) is 17.7. The van der Waals surface area contributed by atoms with Crippen molar-refractivity contribution < 1.29 is 22.6 Å². The van der Waals surface area contributed by atoms with E-state index in [1.807, 2.05) is 6.07 Å². The molecule has 1 aromatic carbocycles. The van der Waals surface area contributed by atoms with Crippen molar-refractivity contribution in [3.05, 3.63) is 30.5 Å². The van der Waals surface area contributed by atoms with E-state index >= 15 is 0 Å². The summed E-state index contributed by atoms with van der Waals surface area (Å²) in [5, 5.41) is 8.42. The van der Waals surface area contributed by atoms with Gasteiger partial charge in [-0.15, -0.1) is 5.10 Å². The molecule has 4 rings (SSSR count). The zero-order valence-corrected chi connectivity index (χ0v) is 18.5. The Morgan fingerprint density at radius 3 is 2.35 bits per heavy atom. The van der Waals surface area contributed by atoms with Crippen LogP contribution in [0.15, 0.2) is 35.4 Å². The number of rotatable bonds is 6. The van der Waals surface area contributed by atoms with Gasteiger partial charge in [0.2, 0.25) is 10.0 Å². The molecule has 0 bridgehead atoms. The lowest BCUT2D eigenvalue weighted by atomic mass is 10.3. The van der Waals surface area contributed by atoms with Gasteiger partial charge in [0.05, 0.1) is 39.3 Å². The molecule has 10 nitrogen and oxygen atoms in total. The number of hydrogen-bond donors (Lipinski definition) is 0. The molecule has 11 heteroatoms. The summed E-state index contributed by atoms with van der Waals surface area (Å²) in [5.41, 5.74) is 1.01. The third-order valence-corrected chi connectivity index (χ3v) is 7.49. The average Bonchev–Trinajstić information content (AvgIpc) is 2.84. The number of anilines is 2. The summed E-state index contributed by atoms with van der Waals surface area (Å²) in [7, 11) is -0.716. The number of hydrogen-bond acceptors (Lipinski definition) is 9. The van der Waals surface area contributed by atoms with Gasteiger partial charge in [-0.05, 0) is 12.1 Å². The monoisotopic (exact) mass is 449 g/mol. The topological polar surface area (TPSA) is 97.3 Å². The Bertz CT molecular complexity index is 1000. The highest BCUT2D eigenvalue weighted by molar-refractivity contribution is 7.89. The summed E-state index contributed by atoms with van der Waals surface area (Å²) in [4.78, 5) is 4.42. The van der Waals surface area contributed by atoms with Gasteiger partial charge < -0.3 is 24.0 Å². The van der Waals surface area contributed by atoms with Gasteiger partial charge in [-0.3, -0.25) is 0 Å². The molecule has 0 amide bonds. The third-order valence-electron chi connectivity index (χ3n) is 5.55. The fourth-order valence-electron chi connectivity index (χ4n) is 3.78. The van der Waals surface area contributed by atoms with Crippen molar-refractivity contribution in [3.8, 4) is 11.5 Å². The van der Waals surface area contributed by atoms with Gasteiger partial charge in [-0.1, -0.05) is 0 Å². The molecule has 2 fully saturated rings. The molecule has 3 heterocycles. The van der Waals surface area contributed by atoms with Crippen LogP contribution in [-0.2, 0) is 14.8 Å². The minimum absolute atomic E-state index is 0.137. The normalized spacial score (nSPS) is 18.1. The summed E-state index contributed by atoms with van der Waals surface area (Å²) in [6, 6.07) is 6.74. The third kappa shape index (κ3) is 4.53. The molecule has 0 unspecified atom stereocenters. The molecule has 2 aromatic rings. The van der Waals surface area contributed by atoms with Crippen LogP contribution in [0.1, 0.15) is 0 Å². The van der Waals surface area contributed by atoms with Crippen molar-refractivity contribution >= 4 is 21.5 Å². The zero-order chi connectivity index (χ0) is 21.8. The molecule has 0 aliphatic carbocycles. The molecule has 0 radical (unpaired) electrons. The molecule has 2 aliphatic heterocycles. The smallest absolute Gasteiger partial charge is 0.246 e. The lowest BCUT2D eigenvalue weighted by Gasteiger charge is -2.35. The van der Waals surface area contributed by atoms with Gasteiger partial charge in [-0.2, -0.15) is 9.40 Å². The first-order valence-electron chi connectivity index (χ1n) is 10.2. The molecular weight excluding hydrogens is 422 g/mol. The number of ether oxygens (including phenoxy) is 3. The molecule has 2 saturated heterocycles. The number of sulfonamides is 1. The van der Waals surface area contributed by atoms with Crippen LogP contribution in [0.2, 0.25) is 0 Å². The molecular formula is C20H27N5O5S. The van der Waals surface area contributed by atoms with Gasteiger partial charge in [0.15, 0.2) is 5.82 Å². The van der Waals surface area contributed by atoms with Crippen molar-refractivity contribution in [1.82, 2.24) is 14.5 Å². The van der Waals surface area contributed by atoms with Crippen LogP contribution in [0.25, 0.3) is 0 Å². The minimum Gasteiger partial charge on any atom is -0.497 e. The number of aromatic nitrogens is 2. The predicted octanol–water partition coefficient (Wildman–Crippen LogP) is 0.841. The highest BCUT2D eigenvalue weighted by atomic mass is 32.2. The van der Waals surface area contributed by atoms with Gasteiger partial charge >= 0.3 is 0 Å². The van der Waals surface area contributed by atoms with Crippen LogP contribution >= 0.6 is 0 Å². The number of piperazine rings is 1. The van der Waals surface area contributed by atoms with E-state index in [2.05, 4.69) is 20.0 Å². The van der Waals surface area contributed by atoms with Crippen molar-refractivity contribution in [2.45, 2.75) is 4.90 Å². The summed E-state index contributed by atoms with van der Waals surface area (Å²) in [6.45, 7) is 4.79.